The summed E-state index contributed by atoms with van der Waals surface area (Å²) in [5.41, 5.74) is 2.97. The molecule has 1 aromatic rings. The Balaban J connectivity index is 1.87. The Morgan fingerprint density at radius 3 is 2.76 bits per heavy atom. The number of piperidine rings is 1. The van der Waals surface area contributed by atoms with Gasteiger partial charge in [-0.2, -0.15) is 0 Å². The maximum atomic E-state index is 5.47. The summed E-state index contributed by atoms with van der Waals surface area (Å²) in [4.78, 5) is 2.68. The first kappa shape index (κ1) is 11.1. The maximum Gasteiger partial charge on any atom is 0.122 e. The third-order valence-electron chi connectivity index (χ3n) is 4.25. The van der Waals surface area contributed by atoms with Crippen molar-refractivity contribution in [2.24, 2.45) is 0 Å². The van der Waals surface area contributed by atoms with Gasteiger partial charge in [0.15, 0.2) is 0 Å². The molecule has 0 saturated carbocycles. The van der Waals surface area contributed by atoms with Gasteiger partial charge in [-0.3, -0.25) is 4.90 Å². The van der Waals surface area contributed by atoms with E-state index in [4.69, 9.17) is 4.74 Å². The Morgan fingerprint density at radius 2 is 2.00 bits per heavy atom. The molecule has 0 spiro atoms. The van der Waals surface area contributed by atoms with E-state index < -0.39 is 0 Å². The molecule has 1 aliphatic heterocycles. The van der Waals surface area contributed by atoms with Crippen LogP contribution in [0.5, 0.6) is 5.75 Å². The molecule has 0 aromatic heterocycles. The van der Waals surface area contributed by atoms with Crippen LogP contribution in [0.25, 0.3) is 0 Å². The van der Waals surface area contributed by atoms with E-state index in [1.807, 2.05) is 0 Å². The van der Waals surface area contributed by atoms with Crippen LogP contribution in [0.15, 0.2) is 18.2 Å². The lowest BCUT2D eigenvalue weighted by molar-refractivity contribution is 0.163. The highest BCUT2D eigenvalue weighted by Crippen LogP contribution is 2.40. The lowest BCUT2D eigenvalue weighted by Crippen LogP contribution is -2.32. The number of hydrogen-bond acceptors (Lipinski definition) is 2. The normalized spacial score (nSPS) is 24.6. The van der Waals surface area contributed by atoms with Gasteiger partial charge in [-0.25, -0.2) is 0 Å². The van der Waals surface area contributed by atoms with Gasteiger partial charge in [-0.15, -0.1) is 0 Å². The van der Waals surface area contributed by atoms with Crippen molar-refractivity contribution in [2.45, 2.75) is 38.1 Å². The molecule has 2 heteroatoms. The predicted octanol–water partition coefficient (Wildman–Crippen LogP) is 3.17. The van der Waals surface area contributed by atoms with Crippen molar-refractivity contribution in [2.75, 3.05) is 20.2 Å². The first-order valence-corrected chi connectivity index (χ1v) is 6.80. The fraction of sp³-hybridized carbons (Fsp3) is 0.600. The van der Waals surface area contributed by atoms with Gasteiger partial charge in [0.25, 0.3) is 0 Å². The van der Waals surface area contributed by atoms with Crippen LogP contribution in [0.1, 0.15) is 42.9 Å². The van der Waals surface area contributed by atoms with E-state index in [1.165, 1.54) is 56.3 Å². The molecule has 1 saturated heterocycles. The quantitative estimate of drug-likeness (QED) is 0.775. The smallest absolute Gasteiger partial charge is 0.122 e. The number of benzene rings is 1. The van der Waals surface area contributed by atoms with Gasteiger partial charge >= 0.3 is 0 Å². The molecule has 2 nitrogen and oxygen atoms in total. The zero-order chi connectivity index (χ0) is 11.7. The molecule has 92 valence electrons. The highest BCUT2D eigenvalue weighted by Gasteiger charge is 2.30. The van der Waals surface area contributed by atoms with Gasteiger partial charge in [0, 0.05) is 6.04 Å². The van der Waals surface area contributed by atoms with Crippen molar-refractivity contribution in [3.63, 3.8) is 0 Å². The summed E-state index contributed by atoms with van der Waals surface area (Å²) in [6, 6.07) is 7.18. The number of hydrogen-bond donors (Lipinski definition) is 0. The van der Waals surface area contributed by atoms with Crippen molar-refractivity contribution in [3.8, 4) is 5.75 Å². The number of nitrogens with zero attached hydrogens (tertiary/aromatic N) is 1. The molecule has 0 amide bonds. The van der Waals surface area contributed by atoms with E-state index in [-0.39, 0.29) is 0 Å². The minimum absolute atomic E-state index is 0.653. The van der Waals surface area contributed by atoms with Gasteiger partial charge in [0.1, 0.15) is 5.75 Å². The van der Waals surface area contributed by atoms with Gasteiger partial charge in [0.2, 0.25) is 0 Å². The molecule has 1 fully saturated rings. The Bertz CT molecular complexity index is 396. The summed E-state index contributed by atoms with van der Waals surface area (Å²) >= 11 is 0. The average molecular weight is 231 g/mol. The third kappa shape index (κ3) is 1.95. The van der Waals surface area contributed by atoms with E-state index in [0.717, 1.165) is 5.75 Å². The van der Waals surface area contributed by atoms with Crippen LogP contribution in [-0.4, -0.2) is 25.1 Å². The van der Waals surface area contributed by atoms with Gasteiger partial charge in [-0.05, 0) is 56.0 Å². The van der Waals surface area contributed by atoms with Gasteiger partial charge in [0.05, 0.1) is 7.11 Å². The average Bonchev–Trinajstić information content (AvgIpc) is 2.83. The molecular weight excluding hydrogens is 210 g/mol. The molecule has 0 N–H and O–H groups in total. The molecule has 1 aliphatic carbocycles. The van der Waals surface area contributed by atoms with E-state index in [2.05, 4.69) is 23.1 Å². The largest absolute Gasteiger partial charge is 0.496 e. The predicted molar refractivity (Wildman–Crippen MR) is 69.5 cm³/mol. The SMILES string of the molecule is COc1cccc2c1CCC2N1CCCCC1. The first-order chi connectivity index (χ1) is 8.40. The minimum atomic E-state index is 0.653. The van der Waals surface area contributed by atoms with E-state index in [1.54, 1.807) is 7.11 Å². The summed E-state index contributed by atoms with van der Waals surface area (Å²) in [7, 11) is 1.78. The van der Waals surface area contributed by atoms with E-state index in [9.17, 15) is 0 Å². The molecule has 1 unspecified atom stereocenters. The first-order valence-electron chi connectivity index (χ1n) is 6.80. The highest BCUT2D eigenvalue weighted by molar-refractivity contribution is 5.45. The summed E-state index contributed by atoms with van der Waals surface area (Å²) in [5.74, 6) is 1.09. The Hall–Kier alpha value is -1.02. The number of ether oxygens (including phenoxy) is 1. The molecular formula is C15H21NO. The van der Waals surface area contributed by atoms with Crippen LogP contribution in [0.2, 0.25) is 0 Å². The third-order valence-corrected chi connectivity index (χ3v) is 4.25. The van der Waals surface area contributed by atoms with Crippen LogP contribution in [0.3, 0.4) is 0 Å². The number of methoxy groups -OCH3 is 1. The van der Waals surface area contributed by atoms with Crippen LogP contribution in [0, 0.1) is 0 Å². The van der Waals surface area contributed by atoms with E-state index in [0.29, 0.717) is 6.04 Å². The fourth-order valence-corrected chi connectivity index (χ4v) is 3.40. The maximum absolute atomic E-state index is 5.47. The second-order valence-corrected chi connectivity index (χ2v) is 5.18. The second kappa shape index (κ2) is 4.69. The summed E-state index contributed by atoms with van der Waals surface area (Å²) < 4.78 is 5.47. The number of likely N-dealkylation sites (tertiary alicyclic amines) is 1. The van der Waals surface area contributed by atoms with Crippen molar-refractivity contribution < 1.29 is 4.74 Å². The Morgan fingerprint density at radius 1 is 1.18 bits per heavy atom. The lowest BCUT2D eigenvalue weighted by atomic mass is 10.0. The van der Waals surface area contributed by atoms with Crippen LogP contribution in [0.4, 0.5) is 0 Å². The van der Waals surface area contributed by atoms with Crippen LogP contribution >= 0.6 is 0 Å². The number of rotatable bonds is 2. The second-order valence-electron chi connectivity index (χ2n) is 5.18. The molecule has 1 atom stereocenters. The summed E-state index contributed by atoms with van der Waals surface area (Å²) in [6.07, 6.45) is 6.61. The van der Waals surface area contributed by atoms with Crippen molar-refractivity contribution in [3.05, 3.63) is 29.3 Å². The van der Waals surface area contributed by atoms with E-state index >= 15 is 0 Å². The molecule has 0 radical (unpaired) electrons. The van der Waals surface area contributed by atoms with Crippen molar-refractivity contribution in [1.29, 1.82) is 0 Å². The zero-order valence-corrected chi connectivity index (χ0v) is 10.6. The monoisotopic (exact) mass is 231 g/mol. The Kier molecular flexibility index (Phi) is 3.06. The van der Waals surface area contributed by atoms with Crippen LogP contribution in [-0.2, 0) is 6.42 Å². The van der Waals surface area contributed by atoms with Crippen LogP contribution < -0.4 is 4.74 Å². The molecule has 1 heterocycles. The minimum Gasteiger partial charge on any atom is -0.496 e. The Labute approximate surface area is 104 Å². The standard InChI is InChI=1S/C15H21NO/c1-17-15-7-5-6-12-13(15)8-9-14(12)16-10-3-2-4-11-16/h5-7,14H,2-4,8-11H2,1H3. The molecule has 1 aromatic carbocycles. The highest BCUT2D eigenvalue weighted by atomic mass is 16.5. The zero-order valence-electron chi connectivity index (χ0n) is 10.6. The van der Waals surface area contributed by atoms with Crippen molar-refractivity contribution in [1.82, 2.24) is 4.90 Å². The number of fused-ring (bicyclic) bond motifs is 1. The molecule has 0 bridgehead atoms. The summed E-state index contributed by atoms with van der Waals surface area (Å²) in [5, 5.41) is 0. The summed E-state index contributed by atoms with van der Waals surface area (Å²) in [6.45, 7) is 2.56. The van der Waals surface area contributed by atoms with Gasteiger partial charge in [-0.1, -0.05) is 18.6 Å². The topological polar surface area (TPSA) is 12.5 Å². The molecule has 17 heavy (non-hydrogen) atoms. The van der Waals surface area contributed by atoms with Crippen molar-refractivity contribution >= 4 is 0 Å². The van der Waals surface area contributed by atoms with Gasteiger partial charge < -0.3 is 4.74 Å². The molecule has 2 aliphatic rings. The molecule has 3 rings (SSSR count). The fourth-order valence-electron chi connectivity index (χ4n) is 3.40. The lowest BCUT2D eigenvalue weighted by Gasteiger charge is -2.32.